The fourth-order valence-electron chi connectivity index (χ4n) is 3.00. The van der Waals surface area contributed by atoms with Gasteiger partial charge in [-0.05, 0) is 42.9 Å². The Bertz CT molecular complexity index is 593. The number of amides is 2. The molecule has 2 amide bonds. The SMILES string of the molecule is CCCc1ccc(OCC(=O)N2CCC(NC(=O)OCC(C)C)CC2)cc1. The summed E-state index contributed by atoms with van der Waals surface area (Å²) in [5, 5.41) is 2.88. The quantitative estimate of drug-likeness (QED) is 0.755. The van der Waals surface area contributed by atoms with Crippen LogP contribution in [0.3, 0.4) is 0 Å². The van der Waals surface area contributed by atoms with E-state index in [9.17, 15) is 9.59 Å². The number of rotatable bonds is 8. The van der Waals surface area contributed by atoms with Gasteiger partial charge in [-0.3, -0.25) is 4.79 Å². The van der Waals surface area contributed by atoms with Gasteiger partial charge in [-0.2, -0.15) is 0 Å². The van der Waals surface area contributed by atoms with Crippen molar-refractivity contribution in [3.63, 3.8) is 0 Å². The largest absolute Gasteiger partial charge is 0.484 e. The second kappa shape index (κ2) is 10.8. The number of nitrogens with one attached hydrogen (secondary N) is 1. The summed E-state index contributed by atoms with van der Waals surface area (Å²) in [6, 6.07) is 7.97. The molecule has 1 heterocycles. The first-order chi connectivity index (χ1) is 13.0. The number of aryl methyl sites for hydroxylation is 1. The lowest BCUT2D eigenvalue weighted by molar-refractivity contribution is -0.134. The van der Waals surface area contributed by atoms with Crippen LogP contribution >= 0.6 is 0 Å². The topological polar surface area (TPSA) is 67.9 Å². The number of carbonyl (C=O) groups excluding carboxylic acids is 2. The highest BCUT2D eigenvalue weighted by atomic mass is 16.5. The Morgan fingerprint density at radius 2 is 1.85 bits per heavy atom. The van der Waals surface area contributed by atoms with Gasteiger partial charge in [0.05, 0.1) is 6.61 Å². The van der Waals surface area contributed by atoms with Crippen LogP contribution < -0.4 is 10.1 Å². The molecule has 0 saturated carbocycles. The van der Waals surface area contributed by atoms with E-state index < -0.39 is 0 Å². The Balaban J connectivity index is 1.67. The van der Waals surface area contributed by atoms with E-state index in [0.717, 1.165) is 25.7 Å². The lowest BCUT2D eigenvalue weighted by Crippen LogP contribution is -2.47. The molecule has 0 unspecified atom stereocenters. The normalized spacial score (nSPS) is 14.9. The average molecular weight is 376 g/mol. The number of nitrogens with zero attached hydrogens (tertiary/aromatic N) is 1. The molecule has 1 aromatic carbocycles. The van der Waals surface area contributed by atoms with E-state index in [1.165, 1.54) is 5.56 Å². The van der Waals surface area contributed by atoms with Crippen LogP contribution in [0.1, 0.15) is 45.6 Å². The average Bonchev–Trinajstić information content (AvgIpc) is 2.66. The van der Waals surface area contributed by atoms with Crippen LogP contribution in [0.15, 0.2) is 24.3 Å². The van der Waals surface area contributed by atoms with Gasteiger partial charge in [0.2, 0.25) is 0 Å². The molecule has 6 heteroatoms. The van der Waals surface area contributed by atoms with Crippen LogP contribution in [0.2, 0.25) is 0 Å². The Morgan fingerprint density at radius 3 is 2.44 bits per heavy atom. The predicted molar refractivity (Wildman–Crippen MR) is 105 cm³/mol. The van der Waals surface area contributed by atoms with Crippen LogP contribution in [0.4, 0.5) is 4.79 Å². The van der Waals surface area contributed by atoms with Crippen LogP contribution in [0.25, 0.3) is 0 Å². The van der Waals surface area contributed by atoms with E-state index in [-0.39, 0.29) is 24.6 Å². The zero-order valence-electron chi connectivity index (χ0n) is 16.7. The van der Waals surface area contributed by atoms with Crippen LogP contribution in [0, 0.1) is 5.92 Å². The fourth-order valence-corrected chi connectivity index (χ4v) is 3.00. The van der Waals surface area contributed by atoms with Crippen LogP contribution in [-0.4, -0.2) is 49.2 Å². The molecule has 1 aliphatic heterocycles. The number of hydrogen-bond donors (Lipinski definition) is 1. The van der Waals surface area contributed by atoms with Crippen molar-refractivity contribution < 1.29 is 19.1 Å². The monoisotopic (exact) mass is 376 g/mol. The summed E-state index contributed by atoms with van der Waals surface area (Å²) in [7, 11) is 0. The minimum Gasteiger partial charge on any atom is -0.484 e. The van der Waals surface area contributed by atoms with Crippen molar-refractivity contribution in [1.29, 1.82) is 0 Å². The third-order valence-electron chi connectivity index (χ3n) is 4.54. The van der Waals surface area contributed by atoms with E-state index in [2.05, 4.69) is 12.2 Å². The molecule has 1 aromatic rings. The maximum absolute atomic E-state index is 12.3. The Labute approximate surface area is 162 Å². The van der Waals surface area contributed by atoms with Crippen LogP contribution in [0.5, 0.6) is 5.75 Å². The summed E-state index contributed by atoms with van der Waals surface area (Å²) >= 11 is 0. The molecule has 6 nitrogen and oxygen atoms in total. The van der Waals surface area contributed by atoms with Gasteiger partial charge in [0.25, 0.3) is 5.91 Å². The molecular formula is C21H32N2O4. The Hall–Kier alpha value is -2.24. The molecule has 0 radical (unpaired) electrons. The van der Waals surface area contributed by atoms with Crippen molar-refractivity contribution >= 4 is 12.0 Å². The minimum absolute atomic E-state index is 0.0199. The first kappa shape index (κ1) is 21.1. The number of piperidine rings is 1. The van der Waals surface area contributed by atoms with E-state index in [1.54, 1.807) is 4.90 Å². The van der Waals surface area contributed by atoms with Gasteiger partial charge >= 0.3 is 6.09 Å². The Kier molecular flexibility index (Phi) is 8.43. The second-order valence-corrected chi connectivity index (χ2v) is 7.47. The molecule has 1 saturated heterocycles. The van der Waals surface area contributed by atoms with Crippen molar-refractivity contribution in [2.24, 2.45) is 5.92 Å². The van der Waals surface area contributed by atoms with Gasteiger partial charge in [0, 0.05) is 19.1 Å². The summed E-state index contributed by atoms with van der Waals surface area (Å²) < 4.78 is 10.8. The number of likely N-dealkylation sites (tertiary alicyclic amines) is 1. The molecule has 0 aromatic heterocycles. The van der Waals surface area contributed by atoms with Crippen molar-refractivity contribution in [1.82, 2.24) is 10.2 Å². The van der Waals surface area contributed by atoms with E-state index in [0.29, 0.717) is 31.4 Å². The molecule has 0 atom stereocenters. The highest BCUT2D eigenvalue weighted by Crippen LogP contribution is 2.15. The van der Waals surface area contributed by atoms with Crippen LogP contribution in [-0.2, 0) is 16.0 Å². The highest BCUT2D eigenvalue weighted by Gasteiger charge is 2.24. The van der Waals surface area contributed by atoms with Crippen molar-refractivity contribution in [2.45, 2.75) is 52.5 Å². The van der Waals surface area contributed by atoms with E-state index >= 15 is 0 Å². The maximum Gasteiger partial charge on any atom is 0.407 e. The third kappa shape index (κ3) is 7.49. The van der Waals surface area contributed by atoms with Gasteiger partial charge in [-0.15, -0.1) is 0 Å². The number of benzene rings is 1. The second-order valence-electron chi connectivity index (χ2n) is 7.47. The standard InChI is InChI=1S/C21H32N2O4/c1-4-5-17-6-8-19(9-7-17)26-15-20(24)23-12-10-18(11-13-23)22-21(25)27-14-16(2)3/h6-9,16,18H,4-5,10-15H2,1-3H3,(H,22,25). The first-order valence-corrected chi connectivity index (χ1v) is 9.90. The van der Waals surface area contributed by atoms with Gasteiger partial charge in [-0.25, -0.2) is 4.79 Å². The number of alkyl carbamates (subject to hydrolysis) is 1. The van der Waals surface area contributed by atoms with E-state index in [4.69, 9.17) is 9.47 Å². The summed E-state index contributed by atoms with van der Waals surface area (Å²) in [6.45, 7) is 7.84. The molecule has 1 N–H and O–H groups in total. The smallest absolute Gasteiger partial charge is 0.407 e. The molecule has 0 aliphatic carbocycles. The van der Waals surface area contributed by atoms with Gasteiger partial charge < -0.3 is 19.7 Å². The molecular weight excluding hydrogens is 344 g/mol. The molecule has 150 valence electrons. The van der Waals surface area contributed by atoms with Crippen molar-refractivity contribution in [2.75, 3.05) is 26.3 Å². The molecule has 0 spiro atoms. The van der Waals surface area contributed by atoms with Crippen molar-refractivity contribution in [3.8, 4) is 5.75 Å². The molecule has 27 heavy (non-hydrogen) atoms. The van der Waals surface area contributed by atoms with Gasteiger partial charge in [0.15, 0.2) is 6.61 Å². The van der Waals surface area contributed by atoms with Crippen molar-refractivity contribution in [3.05, 3.63) is 29.8 Å². The molecule has 2 rings (SSSR count). The van der Waals surface area contributed by atoms with Gasteiger partial charge in [0.1, 0.15) is 5.75 Å². The zero-order valence-corrected chi connectivity index (χ0v) is 16.7. The molecule has 1 fully saturated rings. The first-order valence-electron chi connectivity index (χ1n) is 9.90. The summed E-state index contributed by atoms with van der Waals surface area (Å²) in [5.74, 6) is 1.01. The lowest BCUT2D eigenvalue weighted by atomic mass is 10.1. The van der Waals surface area contributed by atoms with E-state index in [1.807, 2.05) is 38.1 Å². The minimum atomic E-state index is -0.372. The maximum atomic E-state index is 12.3. The molecule has 0 bridgehead atoms. The number of ether oxygens (including phenoxy) is 2. The number of hydrogen-bond acceptors (Lipinski definition) is 4. The summed E-state index contributed by atoms with van der Waals surface area (Å²) in [6.07, 6.45) is 3.25. The summed E-state index contributed by atoms with van der Waals surface area (Å²) in [5.41, 5.74) is 1.28. The third-order valence-corrected chi connectivity index (χ3v) is 4.54. The number of carbonyl (C=O) groups is 2. The highest BCUT2D eigenvalue weighted by molar-refractivity contribution is 5.78. The van der Waals surface area contributed by atoms with Gasteiger partial charge in [-0.1, -0.05) is 39.3 Å². The molecule has 1 aliphatic rings. The summed E-state index contributed by atoms with van der Waals surface area (Å²) in [4.78, 5) is 25.9. The lowest BCUT2D eigenvalue weighted by Gasteiger charge is -2.32. The fraction of sp³-hybridized carbons (Fsp3) is 0.619. The Morgan fingerprint density at radius 1 is 1.19 bits per heavy atom. The predicted octanol–water partition coefficient (Wildman–Crippen LogP) is 3.39. The zero-order chi connectivity index (χ0) is 19.6.